The van der Waals surface area contributed by atoms with Gasteiger partial charge < -0.3 is 9.30 Å². The molecule has 10 heteroatoms. The van der Waals surface area contributed by atoms with Crippen LogP contribution in [-0.2, 0) is 26.7 Å². The van der Waals surface area contributed by atoms with Gasteiger partial charge >= 0.3 is 6.18 Å². The number of hydrogen-bond acceptors (Lipinski definition) is 4. The summed E-state index contributed by atoms with van der Waals surface area (Å²) < 4.78 is 75.0. The van der Waals surface area contributed by atoms with Crippen molar-refractivity contribution in [1.82, 2.24) is 13.9 Å². The zero-order chi connectivity index (χ0) is 23.9. The zero-order valence-electron chi connectivity index (χ0n) is 18.5. The van der Waals surface area contributed by atoms with Crippen LogP contribution >= 0.6 is 0 Å². The molecule has 2 aromatic carbocycles. The summed E-state index contributed by atoms with van der Waals surface area (Å²) in [6, 6.07) is 12.7. The van der Waals surface area contributed by atoms with E-state index in [4.69, 9.17) is 4.74 Å². The first-order valence-electron chi connectivity index (χ1n) is 11.4. The number of rotatable bonds is 5. The molecular weight excluding hydrogens is 467 g/mol. The van der Waals surface area contributed by atoms with Crippen molar-refractivity contribution in [3.63, 3.8) is 0 Å². The van der Waals surface area contributed by atoms with Crippen molar-refractivity contribution in [2.75, 3.05) is 19.7 Å². The van der Waals surface area contributed by atoms with Crippen molar-refractivity contribution in [1.29, 1.82) is 0 Å². The largest absolute Gasteiger partial charge is 0.416 e. The highest BCUT2D eigenvalue weighted by molar-refractivity contribution is 7.88. The Hall–Kier alpha value is -2.43. The Balaban J connectivity index is 1.41. The molecule has 0 radical (unpaired) electrons. The molecule has 3 heterocycles. The molecule has 1 unspecified atom stereocenters. The third-order valence-electron chi connectivity index (χ3n) is 6.64. The zero-order valence-corrected chi connectivity index (χ0v) is 19.4. The van der Waals surface area contributed by atoms with E-state index in [9.17, 15) is 21.6 Å². The van der Waals surface area contributed by atoms with Crippen LogP contribution in [0.5, 0.6) is 0 Å². The molecule has 182 valence electrons. The molecule has 2 aliphatic heterocycles. The number of nitrogens with zero attached hydrogens (tertiary/aromatic N) is 3. The minimum atomic E-state index is -4.44. The first kappa shape index (κ1) is 23.3. The number of fused-ring (bicyclic) bond motifs is 1. The van der Waals surface area contributed by atoms with Gasteiger partial charge in [-0.2, -0.15) is 13.2 Å². The molecule has 3 aromatic rings. The van der Waals surface area contributed by atoms with Crippen LogP contribution in [-0.4, -0.2) is 42.0 Å². The lowest BCUT2D eigenvalue weighted by Crippen LogP contribution is -2.40. The van der Waals surface area contributed by atoms with Gasteiger partial charge in [0.2, 0.25) is 10.0 Å². The molecule has 0 saturated carbocycles. The van der Waals surface area contributed by atoms with Crippen molar-refractivity contribution in [2.24, 2.45) is 0 Å². The molecular formula is C24H26F3N3O3S. The monoisotopic (exact) mass is 493 g/mol. The summed E-state index contributed by atoms with van der Waals surface area (Å²) in [6.07, 6.45) is -1.96. The fraction of sp³-hybridized carbons (Fsp3) is 0.458. The maximum absolute atomic E-state index is 13.3. The maximum atomic E-state index is 13.3. The summed E-state index contributed by atoms with van der Waals surface area (Å²) in [5.74, 6) is 0.589. The summed E-state index contributed by atoms with van der Waals surface area (Å²) in [7, 11) is -3.46. The van der Waals surface area contributed by atoms with Gasteiger partial charge in [-0.25, -0.2) is 17.7 Å². The first-order valence-corrected chi connectivity index (χ1v) is 13.1. The number of imidazole rings is 1. The SMILES string of the molecule is O=S(=O)(Cc1ccccc1)N1CCC(n2c(C3CCCO3)nc3cc(C(F)(F)F)ccc32)CC1. The lowest BCUT2D eigenvalue weighted by atomic mass is 10.1. The molecule has 0 N–H and O–H groups in total. The summed E-state index contributed by atoms with van der Waals surface area (Å²) in [4.78, 5) is 4.57. The van der Waals surface area contributed by atoms with Gasteiger partial charge in [0, 0.05) is 25.7 Å². The molecule has 0 bridgehead atoms. The second-order valence-corrected chi connectivity index (χ2v) is 10.9. The Morgan fingerprint density at radius 2 is 1.76 bits per heavy atom. The van der Waals surface area contributed by atoms with Crippen LogP contribution in [0.1, 0.15) is 54.8 Å². The molecule has 2 saturated heterocycles. The van der Waals surface area contributed by atoms with Gasteiger partial charge in [0.05, 0.1) is 22.3 Å². The smallest absolute Gasteiger partial charge is 0.370 e. The first-order chi connectivity index (χ1) is 16.2. The van der Waals surface area contributed by atoms with Gasteiger partial charge in [0.15, 0.2) is 0 Å². The highest BCUT2D eigenvalue weighted by atomic mass is 32.2. The highest BCUT2D eigenvalue weighted by Crippen LogP contribution is 2.38. The normalized spacial score (nSPS) is 20.9. The summed E-state index contributed by atoms with van der Waals surface area (Å²) in [5, 5.41) is 0. The van der Waals surface area contributed by atoms with Crippen molar-refractivity contribution in [3.8, 4) is 0 Å². The number of hydrogen-bond donors (Lipinski definition) is 0. The Labute approximate surface area is 196 Å². The van der Waals surface area contributed by atoms with E-state index in [1.54, 1.807) is 12.1 Å². The van der Waals surface area contributed by atoms with Gasteiger partial charge in [-0.1, -0.05) is 30.3 Å². The Kier molecular flexibility index (Phi) is 6.16. The van der Waals surface area contributed by atoms with Crippen LogP contribution in [0.15, 0.2) is 48.5 Å². The molecule has 1 aromatic heterocycles. The van der Waals surface area contributed by atoms with Crippen LogP contribution < -0.4 is 0 Å². The van der Waals surface area contributed by atoms with Crippen LogP contribution in [0.3, 0.4) is 0 Å². The fourth-order valence-corrected chi connectivity index (χ4v) is 6.50. The summed E-state index contributed by atoms with van der Waals surface area (Å²) in [5.41, 5.74) is 0.931. The topological polar surface area (TPSA) is 64.4 Å². The number of alkyl halides is 3. The van der Waals surface area contributed by atoms with Crippen molar-refractivity contribution < 1.29 is 26.3 Å². The molecule has 2 aliphatic rings. The predicted molar refractivity (Wildman–Crippen MR) is 122 cm³/mol. The van der Waals surface area contributed by atoms with Crippen LogP contribution in [0.2, 0.25) is 0 Å². The number of halogens is 3. The third kappa shape index (κ3) is 4.58. The molecule has 34 heavy (non-hydrogen) atoms. The van der Waals surface area contributed by atoms with Crippen molar-refractivity contribution >= 4 is 21.1 Å². The molecule has 5 rings (SSSR count). The Morgan fingerprint density at radius 3 is 2.41 bits per heavy atom. The average Bonchev–Trinajstić information content (AvgIpc) is 3.46. The van der Waals surface area contributed by atoms with Gasteiger partial charge in [0.1, 0.15) is 11.9 Å². The van der Waals surface area contributed by atoms with Crippen molar-refractivity contribution in [2.45, 2.75) is 49.8 Å². The standard InChI is InChI=1S/C24H26F3N3O3S/c25-24(26,27)18-8-9-21-20(15-18)28-23(22-7-4-14-33-22)30(21)19-10-12-29(13-11-19)34(31,32)16-17-5-2-1-3-6-17/h1-3,5-6,8-9,15,19,22H,4,7,10-14,16H2. The second kappa shape index (κ2) is 8.98. The number of benzene rings is 2. The molecule has 0 spiro atoms. The molecule has 1 atom stereocenters. The highest BCUT2D eigenvalue weighted by Gasteiger charge is 2.35. The fourth-order valence-electron chi connectivity index (χ4n) is 4.94. The summed E-state index contributed by atoms with van der Waals surface area (Å²) in [6.45, 7) is 1.30. The molecule has 6 nitrogen and oxygen atoms in total. The molecule has 0 amide bonds. The van der Waals surface area contributed by atoms with Gasteiger partial charge in [0.25, 0.3) is 0 Å². The maximum Gasteiger partial charge on any atom is 0.416 e. The Morgan fingerprint density at radius 1 is 1.03 bits per heavy atom. The van der Waals surface area contributed by atoms with Crippen LogP contribution in [0.25, 0.3) is 11.0 Å². The van der Waals surface area contributed by atoms with E-state index < -0.39 is 21.8 Å². The number of piperidine rings is 1. The Bertz CT molecular complexity index is 1260. The van der Waals surface area contributed by atoms with E-state index in [0.717, 1.165) is 30.5 Å². The number of ether oxygens (including phenoxy) is 1. The van der Waals surface area contributed by atoms with E-state index in [0.29, 0.717) is 49.4 Å². The van der Waals surface area contributed by atoms with Crippen LogP contribution in [0.4, 0.5) is 13.2 Å². The lowest BCUT2D eigenvalue weighted by molar-refractivity contribution is -0.137. The van der Waals surface area contributed by atoms with Gasteiger partial charge in [-0.3, -0.25) is 0 Å². The minimum absolute atomic E-state index is 0.0477. The average molecular weight is 494 g/mol. The van der Waals surface area contributed by atoms with Gasteiger partial charge in [-0.15, -0.1) is 0 Å². The third-order valence-corrected chi connectivity index (χ3v) is 8.49. The van der Waals surface area contributed by atoms with Gasteiger partial charge in [-0.05, 0) is 49.4 Å². The van der Waals surface area contributed by atoms with E-state index in [2.05, 4.69) is 4.98 Å². The van der Waals surface area contributed by atoms with E-state index >= 15 is 0 Å². The second-order valence-electron chi connectivity index (χ2n) is 8.91. The lowest BCUT2D eigenvalue weighted by Gasteiger charge is -2.33. The minimum Gasteiger partial charge on any atom is -0.370 e. The number of sulfonamides is 1. The van der Waals surface area contributed by atoms with E-state index in [-0.39, 0.29) is 17.9 Å². The summed E-state index contributed by atoms with van der Waals surface area (Å²) >= 11 is 0. The quantitative estimate of drug-likeness (QED) is 0.498. The van der Waals surface area contributed by atoms with Crippen LogP contribution in [0, 0.1) is 0 Å². The number of aromatic nitrogens is 2. The predicted octanol–water partition coefficient (Wildman–Crippen LogP) is 5.07. The van der Waals surface area contributed by atoms with E-state index in [1.165, 1.54) is 10.4 Å². The molecule has 2 fully saturated rings. The molecule has 0 aliphatic carbocycles. The van der Waals surface area contributed by atoms with Crippen molar-refractivity contribution in [3.05, 3.63) is 65.5 Å². The van der Waals surface area contributed by atoms with E-state index in [1.807, 2.05) is 22.8 Å².